The molecule has 0 aliphatic heterocycles. The van der Waals surface area contributed by atoms with Crippen molar-refractivity contribution in [2.45, 2.75) is 45.2 Å². The fourth-order valence-corrected chi connectivity index (χ4v) is 3.25. The average molecular weight is 520 g/mol. The number of rotatable bonds is 8. The van der Waals surface area contributed by atoms with Gasteiger partial charge in [-0.2, -0.15) is 5.10 Å². The number of aliphatic imine (C=N–C) groups is 1. The maximum absolute atomic E-state index is 11.5. The lowest BCUT2D eigenvalue weighted by Gasteiger charge is -2.12. The highest BCUT2D eigenvalue weighted by atomic mass is 127. The predicted molar refractivity (Wildman–Crippen MR) is 122 cm³/mol. The van der Waals surface area contributed by atoms with Crippen LogP contribution >= 0.6 is 24.0 Å². The summed E-state index contributed by atoms with van der Waals surface area (Å²) in [6.07, 6.45) is 0.910. The van der Waals surface area contributed by atoms with Crippen LogP contribution in [0.4, 0.5) is 0 Å². The number of guanidine groups is 1. The SMILES string of the molecule is CCNC(=NCc1cccc(S(N)(=O)=O)c1)NCCCn1nc(C)cc1C.I. The standard InChI is InChI=1S/C18H28N6O2S.HI/c1-4-20-18(21-9-6-10-24-15(3)11-14(2)23-24)22-13-16-7-5-8-17(12-16)27(19,25)26;/h5,7-8,11-12H,4,6,9-10,13H2,1-3H3,(H2,19,25,26)(H2,20,21,22);1H. The minimum absolute atomic E-state index is 0. The normalized spacial score (nSPS) is 11.8. The molecule has 0 aliphatic carbocycles. The van der Waals surface area contributed by atoms with Gasteiger partial charge in [0.15, 0.2) is 5.96 Å². The smallest absolute Gasteiger partial charge is 0.238 e. The molecule has 0 aliphatic rings. The number of halogens is 1. The van der Waals surface area contributed by atoms with E-state index in [1.165, 1.54) is 6.07 Å². The Morgan fingerprint density at radius 1 is 1.25 bits per heavy atom. The second-order valence-corrected chi connectivity index (χ2v) is 7.88. The Kier molecular flexibility index (Phi) is 9.90. The lowest BCUT2D eigenvalue weighted by molar-refractivity contribution is 0.555. The van der Waals surface area contributed by atoms with Gasteiger partial charge in [-0.1, -0.05) is 12.1 Å². The van der Waals surface area contributed by atoms with Crippen LogP contribution in [0.25, 0.3) is 0 Å². The van der Waals surface area contributed by atoms with Gasteiger partial charge in [0.1, 0.15) is 0 Å². The van der Waals surface area contributed by atoms with Gasteiger partial charge in [-0.15, -0.1) is 24.0 Å². The second kappa shape index (κ2) is 11.4. The summed E-state index contributed by atoms with van der Waals surface area (Å²) in [5.41, 5.74) is 2.96. The second-order valence-electron chi connectivity index (χ2n) is 6.32. The fraction of sp³-hybridized carbons (Fsp3) is 0.444. The van der Waals surface area contributed by atoms with E-state index in [9.17, 15) is 8.42 Å². The average Bonchev–Trinajstić information content (AvgIpc) is 2.93. The number of nitrogens with one attached hydrogen (secondary N) is 2. The van der Waals surface area contributed by atoms with E-state index >= 15 is 0 Å². The molecule has 0 bridgehead atoms. The van der Waals surface area contributed by atoms with Crippen LogP contribution in [-0.2, 0) is 23.1 Å². The number of sulfonamides is 1. The van der Waals surface area contributed by atoms with Crippen molar-refractivity contribution >= 4 is 40.0 Å². The molecule has 0 atom stereocenters. The first kappa shape index (κ1) is 24.4. The minimum atomic E-state index is -3.71. The van der Waals surface area contributed by atoms with Gasteiger partial charge in [-0.05, 0) is 51.0 Å². The summed E-state index contributed by atoms with van der Waals surface area (Å²) < 4.78 is 24.9. The number of nitrogens with zero attached hydrogens (tertiary/aromatic N) is 3. The molecule has 0 saturated carbocycles. The molecule has 28 heavy (non-hydrogen) atoms. The Labute approximate surface area is 184 Å². The first-order valence-electron chi connectivity index (χ1n) is 8.94. The highest BCUT2D eigenvalue weighted by Crippen LogP contribution is 2.10. The molecule has 156 valence electrons. The maximum atomic E-state index is 11.5. The zero-order valence-corrected chi connectivity index (χ0v) is 19.6. The summed E-state index contributed by atoms with van der Waals surface area (Å²) in [7, 11) is -3.71. The third-order valence-corrected chi connectivity index (χ3v) is 4.84. The molecule has 0 saturated heterocycles. The topological polar surface area (TPSA) is 114 Å². The van der Waals surface area contributed by atoms with Crippen LogP contribution in [0, 0.1) is 13.8 Å². The quantitative estimate of drug-likeness (QED) is 0.213. The Bertz CT molecular complexity index is 895. The van der Waals surface area contributed by atoms with Crippen LogP contribution < -0.4 is 15.8 Å². The van der Waals surface area contributed by atoms with Crippen LogP contribution in [0.3, 0.4) is 0 Å². The molecule has 2 rings (SSSR count). The van der Waals surface area contributed by atoms with E-state index in [0.29, 0.717) is 12.5 Å². The Morgan fingerprint density at radius 3 is 2.61 bits per heavy atom. The molecule has 1 aromatic heterocycles. The molecule has 4 N–H and O–H groups in total. The molecule has 1 aromatic carbocycles. The molecule has 10 heteroatoms. The van der Waals surface area contributed by atoms with E-state index in [1.807, 2.05) is 24.6 Å². The minimum Gasteiger partial charge on any atom is -0.357 e. The van der Waals surface area contributed by atoms with E-state index in [4.69, 9.17) is 5.14 Å². The lowest BCUT2D eigenvalue weighted by Crippen LogP contribution is -2.38. The van der Waals surface area contributed by atoms with Gasteiger partial charge in [0, 0.05) is 25.3 Å². The molecule has 2 aromatic rings. The zero-order chi connectivity index (χ0) is 19.9. The van der Waals surface area contributed by atoms with Crippen molar-refractivity contribution in [3.8, 4) is 0 Å². The van der Waals surface area contributed by atoms with Crippen molar-refractivity contribution in [3.05, 3.63) is 47.3 Å². The number of hydrogen-bond donors (Lipinski definition) is 3. The predicted octanol–water partition coefficient (Wildman–Crippen LogP) is 1.91. The van der Waals surface area contributed by atoms with Crippen LogP contribution in [0.15, 0.2) is 40.2 Å². The molecule has 0 fully saturated rings. The Morgan fingerprint density at radius 2 is 2.00 bits per heavy atom. The number of hydrogen-bond acceptors (Lipinski definition) is 4. The van der Waals surface area contributed by atoms with Crippen molar-refractivity contribution in [1.29, 1.82) is 0 Å². The summed E-state index contributed by atoms with van der Waals surface area (Å²) in [6.45, 7) is 8.71. The summed E-state index contributed by atoms with van der Waals surface area (Å²) >= 11 is 0. The zero-order valence-electron chi connectivity index (χ0n) is 16.5. The van der Waals surface area contributed by atoms with Gasteiger partial charge < -0.3 is 10.6 Å². The summed E-state index contributed by atoms with van der Waals surface area (Å²) in [4.78, 5) is 4.60. The van der Waals surface area contributed by atoms with Gasteiger partial charge in [0.2, 0.25) is 10.0 Å². The first-order chi connectivity index (χ1) is 12.8. The molecular formula is C18H29IN6O2S. The van der Waals surface area contributed by atoms with E-state index < -0.39 is 10.0 Å². The fourth-order valence-electron chi connectivity index (χ4n) is 2.67. The van der Waals surface area contributed by atoms with Crippen LogP contribution in [0.2, 0.25) is 0 Å². The van der Waals surface area contributed by atoms with Gasteiger partial charge in [0.05, 0.1) is 17.1 Å². The van der Waals surface area contributed by atoms with Crippen LogP contribution in [-0.4, -0.2) is 37.2 Å². The molecule has 0 unspecified atom stereocenters. The van der Waals surface area contributed by atoms with Crippen LogP contribution in [0.5, 0.6) is 0 Å². The summed E-state index contributed by atoms with van der Waals surface area (Å²) in [6, 6.07) is 8.58. The molecule has 1 heterocycles. The Balaban J connectivity index is 0.00000392. The monoisotopic (exact) mass is 520 g/mol. The van der Waals surface area contributed by atoms with Gasteiger partial charge in [-0.25, -0.2) is 18.5 Å². The van der Waals surface area contributed by atoms with E-state index in [2.05, 4.69) is 33.7 Å². The largest absolute Gasteiger partial charge is 0.357 e. The van der Waals surface area contributed by atoms with Gasteiger partial charge >= 0.3 is 0 Å². The number of aryl methyl sites for hydroxylation is 3. The van der Waals surface area contributed by atoms with Gasteiger partial charge in [-0.3, -0.25) is 4.68 Å². The lowest BCUT2D eigenvalue weighted by atomic mass is 10.2. The third kappa shape index (κ3) is 7.76. The number of benzene rings is 1. The first-order valence-corrected chi connectivity index (χ1v) is 10.5. The number of nitrogens with two attached hydrogens (primary N) is 1. The van der Waals surface area contributed by atoms with Crippen LogP contribution in [0.1, 0.15) is 30.3 Å². The van der Waals surface area contributed by atoms with Gasteiger partial charge in [0.25, 0.3) is 0 Å². The summed E-state index contributed by atoms with van der Waals surface area (Å²) in [5.74, 6) is 0.687. The Hall–Kier alpha value is -1.66. The molecule has 0 spiro atoms. The van der Waals surface area contributed by atoms with Crippen molar-refractivity contribution in [2.75, 3.05) is 13.1 Å². The van der Waals surface area contributed by atoms with E-state index in [1.54, 1.807) is 12.1 Å². The molecule has 0 radical (unpaired) electrons. The highest BCUT2D eigenvalue weighted by molar-refractivity contribution is 14.0. The van der Waals surface area contributed by atoms with Crippen molar-refractivity contribution < 1.29 is 8.42 Å². The third-order valence-electron chi connectivity index (χ3n) is 3.93. The van der Waals surface area contributed by atoms with Crippen molar-refractivity contribution in [2.24, 2.45) is 10.1 Å². The van der Waals surface area contributed by atoms with Crippen molar-refractivity contribution in [1.82, 2.24) is 20.4 Å². The number of primary sulfonamides is 1. The van der Waals surface area contributed by atoms with E-state index in [0.717, 1.165) is 43.0 Å². The van der Waals surface area contributed by atoms with E-state index in [-0.39, 0.29) is 28.9 Å². The summed E-state index contributed by atoms with van der Waals surface area (Å²) in [5, 5.41) is 16.1. The highest BCUT2D eigenvalue weighted by Gasteiger charge is 2.08. The molecule has 8 nitrogen and oxygen atoms in total. The maximum Gasteiger partial charge on any atom is 0.238 e. The molecule has 0 amide bonds. The molecular weight excluding hydrogens is 491 g/mol. The van der Waals surface area contributed by atoms with Crippen molar-refractivity contribution in [3.63, 3.8) is 0 Å². The number of aromatic nitrogens is 2.